The van der Waals surface area contributed by atoms with Gasteiger partial charge >= 0.3 is 0 Å². The number of rotatable bonds is 1. The molecule has 0 aromatic carbocycles. The van der Waals surface area contributed by atoms with Crippen molar-refractivity contribution in [3.8, 4) is 0 Å². The van der Waals surface area contributed by atoms with Crippen LogP contribution in [0.4, 0.5) is 0 Å². The topological polar surface area (TPSA) is 40.6 Å². The monoisotopic (exact) mass is 294 g/mol. The summed E-state index contributed by atoms with van der Waals surface area (Å²) in [4.78, 5) is 29.1. The number of likely N-dealkylation sites (tertiary alicyclic amines) is 2. The lowest BCUT2D eigenvalue weighted by Gasteiger charge is -2.37. The van der Waals surface area contributed by atoms with Gasteiger partial charge < -0.3 is 9.80 Å². The van der Waals surface area contributed by atoms with Crippen molar-refractivity contribution in [2.24, 2.45) is 11.3 Å². The van der Waals surface area contributed by atoms with Gasteiger partial charge in [0.25, 0.3) is 0 Å². The highest BCUT2D eigenvalue weighted by Gasteiger charge is 2.34. The standard InChI is InChI=1S/C17H30N2O2/c1-17(2,3)16(21)19-12-8-9-14(13-19)15(20)18-10-6-4-5-7-11-18/h14H,4-13H2,1-3H3/t14-/m1/s1. The Bertz CT molecular complexity index is 379. The van der Waals surface area contributed by atoms with Crippen LogP contribution in [-0.4, -0.2) is 47.8 Å². The largest absolute Gasteiger partial charge is 0.342 e. The molecule has 120 valence electrons. The fourth-order valence-electron chi connectivity index (χ4n) is 3.39. The van der Waals surface area contributed by atoms with Gasteiger partial charge in [0.15, 0.2) is 0 Å². The van der Waals surface area contributed by atoms with Crippen molar-refractivity contribution in [3.63, 3.8) is 0 Å². The molecule has 0 unspecified atom stereocenters. The first-order valence-corrected chi connectivity index (χ1v) is 8.48. The number of amides is 2. The van der Waals surface area contributed by atoms with Gasteiger partial charge in [-0.2, -0.15) is 0 Å². The second kappa shape index (κ2) is 6.80. The summed E-state index contributed by atoms with van der Waals surface area (Å²) in [5.41, 5.74) is -0.354. The van der Waals surface area contributed by atoms with Gasteiger partial charge in [-0.05, 0) is 25.7 Å². The summed E-state index contributed by atoms with van der Waals surface area (Å²) in [7, 11) is 0. The third-order valence-corrected chi connectivity index (χ3v) is 4.62. The molecule has 21 heavy (non-hydrogen) atoms. The first kappa shape index (κ1) is 16.3. The summed E-state index contributed by atoms with van der Waals surface area (Å²) >= 11 is 0. The van der Waals surface area contributed by atoms with E-state index < -0.39 is 0 Å². The molecule has 0 aliphatic carbocycles. The van der Waals surface area contributed by atoms with Crippen molar-refractivity contribution >= 4 is 11.8 Å². The van der Waals surface area contributed by atoms with Gasteiger partial charge in [0.2, 0.25) is 11.8 Å². The van der Waals surface area contributed by atoms with Crippen LogP contribution in [0.1, 0.15) is 59.3 Å². The first-order chi connectivity index (χ1) is 9.89. The smallest absolute Gasteiger partial charge is 0.227 e. The van der Waals surface area contributed by atoms with Gasteiger partial charge in [0.05, 0.1) is 5.92 Å². The predicted octanol–water partition coefficient (Wildman–Crippen LogP) is 2.67. The number of carbonyl (C=O) groups is 2. The lowest BCUT2D eigenvalue weighted by Crippen LogP contribution is -2.49. The van der Waals surface area contributed by atoms with Gasteiger partial charge in [0.1, 0.15) is 0 Å². The quantitative estimate of drug-likeness (QED) is 0.746. The third-order valence-electron chi connectivity index (χ3n) is 4.62. The zero-order valence-electron chi connectivity index (χ0n) is 13.9. The third kappa shape index (κ3) is 4.21. The summed E-state index contributed by atoms with van der Waals surface area (Å²) in [5, 5.41) is 0. The van der Waals surface area contributed by atoms with E-state index in [-0.39, 0.29) is 23.1 Å². The Labute approximate surface area is 128 Å². The van der Waals surface area contributed by atoms with Gasteiger partial charge in [-0.25, -0.2) is 0 Å². The molecule has 1 atom stereocenters. The fraction of sp³-hybridized carbons (Fsp3) is 0.882. The minimum Gasteiger partial charge on any atom is -0.342 e. The van der Waals surface area contributed by atoms with Crippen molar-refractivity contribution in [2.45, 2.75) is 59.3 Å². The van der Waals surface area contributed by atoms with Crippen LogP contribution in [0.15, 0.2) is 0 Å². The Hall–Kier alpha value is -1.06. The van der Waals surface area contributed by atoms with Gasteiger partial charge in [-0.3, -0.25) is 9.59 Å². The first-order valence-electron chi connectivity index (χ1n) is 8.48. The van der Waals surface area contributed by atoms with E-state index >= 15 is 0 Å². The predicted molar refractivity (Wildman–Crippen MR) is 83.8 cm³/mol. The molecule has 2 fully saturated rings. The number of hydrogen-bond donors (Lipinski definition) is 0. The van der Waals surface area contributed by atoms with Crippen molar-refractivity contribution in [2.75, 3.05) is 26.2 Å². The summed E-state index contributed by atoms with van der Waals surface area (Å²) in [6, 6.07) is 0. The normalized spacial score (nSPS) is 24.6. The maximum Gasteiger partial charge on any atom is 0.227 e. The van der Waals surface area contributed by atoms with Gasteiger partial charge in [-0.1, -0.05) is 33.6 Å². The van der Waals surface area contributed by atoms with E-state index in [0.29, 0.717) is 6.54 Å². The molecule has 4 nitrogen and oxygen atoms in total. The van der Waals surface area contributed by atoms with Crippen molar-refractivity contribution < 1.29 is 9.59 Å². The molecule has 2 amide bonds. The number of carbonyl (C=O) groups excluding carboxylic acids is 2. The Morgan fingerprint density at radius 2 is 1.43 bits per heavy atom. The van der Waals surface area contributed by atoms with Crippen LogP contribution in [0.2, 0.25) is 0 Å². The van der Waals surface area contributed by atoms with E-state index in [9.17, 15) is 9.59 Å². The molecule has 0 N–H and O–H groups in total. The van der Waals surface area contributed by atoms with Crippen LogP contribution in [0, 0.1) is 11.3 Å². The molecular weight excluding hydrogens is 264 g/mol. The molecule has 0 saturated carbocycles. The van der Waals surface area contributed by atoms with Crippen LogP contribution in [-0.2, 0) is 9.59 Å². The molecule has 2 saturated heterocycles. The minimum atomic E-state index is -0.354. The zero-order valence-corrected chi connectivity index (χ0v) is 13.9. The maximum atomic E-state index is 12.7. The average Bonchev–Trinajstić information content (AvgIpc) is 2.74. The Morgan fingerprint density at radius 3 is 2.00 bits per heavy atom. The summed E-state index contributed by atoms with van der Waals surface area (Å²) in [6.07, 6.45) is 6.62. The number of nitrogens with zero attached hydrogens (tertiary/aromatic N) is 2. The number of piperidine rings is 1. The summed E-state index contributed by atoms with van der Waals surface area (Å²) in [6.45, 7) is 9.09. The Balaban J connectivity index is 1.96. The highest BCUT2D eigenvalue weighted by atomic mass is 16.2. The van der Waals surface area contributed by atoms with Crippen LogP contribution in [0.3, 0.4) is 0 Å². The highest BCUT2D eigenvalue weighted by molar-refractivity contribution is 5.84. The van der Waals surface area contributed by atoms with Crippen molar-refractivity contribution in [3.05, 3.63) is 0 Å². The van der Waals surface area contributed by atoms with E-state index in [1.54, 1.807) is 0 Å². The van der Waals surface area contributed by atoms with E-state index in [1.165, 1.54) is 12.8 Å². The van der Waals surface area contributed by atoms with Crippen LogP contribution in [0.5, 0.6) is 0 Å². The van der Waals surface area contributed by atoms with E-state index in [2.05, 4.69) is 0 Å². The van der Waals surface area contributed by atoms with E-state index in [1.807, 2.05) is 30.6 Å². The van der Waals surface area contributed by atoms with Gasteiger partial charge in [-0.15, -0.1) is 0 Å². The molecule has 0 aromatic heterocycles. The van der Waals surface area contributed by atoms with Crippen LogP contribution < -0.4 is 0 Å². The minimum absolute atomic E-state index is 0.0168. The van der Waals surface area contributed by atoms with Crippen LogP contribution >= 0.6 is 0 Å². The maximum absolute atomic E-state index is 12.7. The molecule has 0 spiro atoms. The van der Waals surface area contributed by atoms with Crippen LogP contribution in [0.25, 0.3) is 0 Å². The molecule has 0 radical (unpaired) electrons. The molecular formula is C17H30N2O2. The van der Waals surface area contributed by atoms with E-state index in [4.69, 9.17) is 0 Å². The summed E-state index contributed by atoms with van der Waals surface area (Å²) in [5.74, 6) is 0.474. The lowest BCUT2D eigenvalue weighted by atomic mass is 9.90. The second-order valence-corrected chi connectivity index (χ2v) is 7.58. The molecule has 4 heteroatoms. The molecule has 0 bridgehead atoms. The zero-order chi connectivity index (χ0) is 15.5. The number of hydrogen-bond acceptors (Lipinski definition) is 2. The highest BCUT2D eigenvalue weighted by Crippen LogP contribution is 2.25. The molecule has 2 heterocycles. The summed E-state index contributed by atoms with van der Waals surface area (Å²) < 4.78 is 0. The van der Waals surface area contributed by atoms with E-state index in [0.717, 1.165) is 45.3 Å². The van der Waals surface area contributed by atoms with Gasteiger partial charge in [0, 0.05) is 31.6 Å². The second-order valence-electron chi connectivity index (χ2n) is 7.58. The SMILES string of the molecule is CC(C)(C)C(=O)N1CCC[C@@H](C(=O)N2CCCCCC2)C1. The van der Waals surface area contributed by atoms with Crippen molar-refractivity contribution in [1.29, 1.82) is 0 Å². The Kier molecular flexibility index (Phi) is 5.28. The molecule has 0 aromatic rings. The fourth-order valence-corrected chi connectivity index (χ4v) is 3.39. The van der Waals surface area contributed by atoms with Crippen molar-refractivity contribution in [1.82, 2.24) is 9.80 Å². The Morgan fingerprint density at radius 1 is 0.857 bits per heavy atom. The lowest BCUT2D eigenvalue weighted by molar-refractivity contribution is -0.145. The average molecular weight is 294 g/mol. The molecule has 2 aliphatic rings. The molecule has 2 rings (SSSR count). The molecule has 2 aliphatic heterocycles.